The van der Waals surface area contributed by atoms with Gasteiger partial charge in [-0.25, -0.2) is 4.79 Å². The van der Waals surface area contributed by atoms with Crippen molar-refractivity contribution >= 4 is 5.97 Å². The van der Waals surface area contributed by atoms with E-state index >= 15 is 0 Å². The van der Waals surface area contributed by atoms with Crippen LogP contribution in [0.3, 0.4) is 0 Å². The number of carbonyl (C=O) groups is 1. The maximum absolute atomic E-state index is 10.3. The smallest absolute Gasteiger partial charge is 1.00 e. The zero-order chi connectivity index (χ0) is 9.14. The van der Waals surface area contributed by atoms with Crippen LogP contribution in [0.25, 0.3) is 0 Å². The number of benzene rings is 1. The van der Waals surface area contributed by atoms with Gasteiger partial charge in [0.15, 0.2) is 6.10 Å². The Morgan fingerprint density at radius 2 is 1.71 bits per heavy atom. The zero-order valence-electron chi connectivity index (χ0n) is 8.64. The number of aromatic hydroxyl groups is 1. The number of aliphatic carboxylic acids is 1. The Morgan fingerprint density at radius 3 is 2.07 bits per heavy atom. The molecule has 0 unspecified atom stereocenters. The number of aliphatic hydroxyl groups is 1. The quantitative estimate of drug-likeness (QED) is 0.446. The predicted molar refractivity (Wildman–Crippen MR) is 45.4 cm³/mol. The first-order chi connectivity index (χ1) is 5.61. The van der Waals surface area contributed by atoms with Crippen LogP contribution >= 0.6 is 0 Å². The van der Waals surface area contributed by atoms with E-state index < -0.39 is 12.1 Å². The monoisotopic (exact) mass is 210 g/mol. The minimum Gasteiger partial charge on any atom is -1.00 e. The molecule has 0 radical (unpaired) electrons. The SMILES string of the molecule is O.O=C(O)[C@H](O)c1ccc(O)cc1.[H-].[Na+]. The maximum atomic E-state index is 10.3. The fourth-order valence-electron chi connectivity index (χ4n) is 0.799. The van der Waals surface area contributed by atoms with Crippen LogP contribution < -0.4 is 29.6 Å². The molecule has 1 aromatic carbocycles. The fraction of sp³-hybridized carbons (Fsp3) is 0.125. The molecule has 5 N–H and O–H groups in total. The molecule has 5 nitrogen and oxygen atoms in total. The van der Waals surface area contributed by atoms with Gasteiger partial charge in [-0.1, -0.05) is 12.1 Å². The minimum absolute atomic E-state index is 0. The largest absolute Gasteiger partial charge is 1.00 e. The Bertz CT molecular complexity index is 290. The Kier molecular flexibility index (Phi) is 7.71. The molecule has 0 aliphatic carbocycles. The van der Waals surface area contributed by atoms with Gasteiger partial charge < -0.3 is 22.2 Å². The van der Waals surface area contributed by atoms with E-state index in [1.54, 1.807) is 0 Å². The standard InChI is InChI=1S/C8H8O4.Na.H2O.H/c9-6-3-1-5(2-4-6)7(10)8(11)12;;;/h1-4,7,9-10H,(H,11,12);;1H2;/q;+1;;-1/t7-;;;/m1.../s1. The van der Waals surface area contributed by atoms with Gasteiger partial charge in [0.1, 0.15) is 5.75 Å². The Labute approximate surface area is 104 Å². The summed E-state index contributed by atoms with van der Waals surface area (Å²) in [5, 5.41) is 26.2. The summed E-state index contributed by atoms with van der Waals surface area (Å²) >= 11 is 0. The molecule has 0 aliphatic rings. The third-order valence-electron chi connectivity index (χ3n) is 1.44. The number of aliphatic hydroxyl groups excluding tert-OH is 1. The van der Waals surface area contributed by atoms with E-state index in [2.05, 4.69) is 0 Å². The number of carboxylic acid groups (broad SMARTS) is 1. The maximum Gasteiger partial charge on any atom is 1.00 e. The number of hydrogen-bond acceptors (Lipinski definition) is 3. The second-order valence-electron chi connectivity index (χ2n) is 2.33. The Morgan fingerprint density at radius 1 is 1.29 bits per heavy atom. The van der Waals surface area contributed by atoms with Gasteiger partial charge in [-0.3, -0.25) is 0 Å². The van der Waals surface area contributed by atoms with E-state index in [9.17, 15) is 4.79 Å². The molecule has 1 atom stereocenters. The van der Waals surface area contributed by atoms with Gasteiger partial charge in [-0.2, -0.15) is 0 Å². The molecular weight excluding hydrogens is 199 g/mol. The van der Waals surface area contributed by atoms with Gasteiger partial charge in [0, 0.05) is 0 Å². The molecular formula is C8H11NaO5. The van der Waals surface area contributed by atoms with Crippen LogP contribution in [0, 0.1) is 0 Å². The van der Waals surface area contributed by atoms with Crippen LogP contribution in [0.2, 0.25) is 0 Å². The first-order valence-corrected chi connectivity index (χ1v) is 3.31. The molecule has 1 aromatic rings. The summed E-state index contributed by atoms with van der Waals surface area (Å²) in [5.74, 6) is -1.27. The average molecular weight is 210 g/mol. The summed E-state index contributed by atoms with van der Waals surface area (Å²) in [4.78, 5) is 10.3. The molecule has 0 saturated carbocycles. The number of rotatable bonds is 2. The van der Waals surface area contributed by atoms with Crippen LogP contribution in [0.15, 0.2) is 24.3 Å². The van der Waals surface area contributed by atoms with Crippen LogP contribution in [0.4, 0.5) is 0 Å². The third-order valence-corrected chi connectivity index (χ3v) is 1.44. The van der Waals surface area contributed by atoms with Gasteiger partial charge in [0.25, 0.3) is 0 Å². The second kappa shape index (κ2) is 6.80. The van der Waals surface area contributed by atoms with Crippen molar-refractivity contribution in [3.05, 3.63) is 29.8 Å². The van der Waals surface area contributed by atoms with Crippen molar-refractivity contribution in [3.63, 3.8) is 0 Å². The van der Waals surface area contributed by atoms with Crippen LogP contribution in [0.5, 0.6) is 5.75 Å². The number of phenols is 1. The molecule has 1 rings (SSSR count). The van der Waals surface area contributed by atoms with Gasteiger partial charge in [0.2, 0.25) is 0 Å². The molecule has 0 heterocycles. The molecule has 0 bridgehead atoms. The van der Waals surface area contributed by atoms with E-state index in [0.29, 0.717) is 0 Å². The summed E-state index contributed by atoms with van der Waals surface area (Å²) in [7, 11) is 0. The van der Waals surface area contributed by atoms with Crippen LogP contribution in [-0.4, -0.2) is 26.8 Å². The molecule has 14 heavy (non-hydrogen) atoms. The van der Waals surface area contributed by atoms with Crippen LogP contribution in [0.1, 0.15) is 13.1 Å². The summed E-state index contributed by atoms with van der Waals surface area (Å²) in [6.07, 6.45) is -1.52. The molecule has 0 fully saturated rings. The molecule has 0 aliphatic heterocycles. The average Bonchev–Trinajstić information content (AvgIpc) is 2.04. The van der Waals surface area contributed by atoms with Gasteiger partial charge in [-0.05, 0) is 17.7 Å². The molecule has 0 saturated heterocycles. The summed E-state index contributed by atoms with van der Waals surface area (Å²) in [6.45, 7) is 0. The predicted octanol–water partition coefficient (Wildman–Crippen LogP) is -3.20. The van der Waals surface area contributed by atoms with Crippen molar-refractivity contribution in [2.45, 2.75) is 6.10 Å². The Hall–Kier alpha value is -0.590. The van der Waals surface area contributed by atoms with Crippen LogP contribution in [-0.2, 0) is 4.79 Å². The zero-order valence-corrected chi connectivity index (χ0v) is 9.64. The van der Waals surface area contributed by atoms with Crippen molar-refractivity contribution in [2.75, 3.05) is 0 Å². The topological polar surface area (TPSA) is 109 Å². The second-order valence-corrected chi connectivity index (χ2v) is 2.33. The summed E-state index contributed by atoms with van der Waals surface area (Å²) in [5.41, 5.74) is 0.250. The molecule has 6 heteroatoms. The van der Waals surface area contributed by atoms with E-state index in [-0.39, 0.29) is 47.8 Å². The summed E-state index contributed by atoms with van der Waals surface area (Å²) < 4.78 is 0. The van der Waals surface area contributed by atoms with Crippen molar-refractivity contribution < 1.29 is 56.6 Å². The molecule has 0 amide bonds. The van der Waals surface area contributed by atoms with E-state index in [0.717, 1.165) is 0 Å². The molecule has 0 aromatic heterocycles. The van der Waals surface area contributed by atoms with E-state index in [4.69, 9.17) is 15.3 Å². The van der Waals surface area contributed by atoms with Crippen molar-refractivity contribution in [2.24, 2.45) is 0 Å². The van der Waals surface area contributed by atoms with E-state index in [1.165, 1.54) is 24.3 Å². The first kappa shape index (κ1) is 15.9. The summed E-state index contributed by atoms with van der Waals surface area (Å²) in [6, 6.07) is 5.35. The van der Waals surface area contributed by atoms with E-state index in [1.807, 2.05) is 0 Å². The molecule has 0 spiro atoms. The van der Waals surface area contributed by atoms with Gasteiger partial charge >= 0.3 is 35.5 Å². The number of hydrogen-bond donors (Lipinski definition) is 3. The molecule has 74 valence electrons. The van der Waals surface area contributed by atoms with Crippen molar-refractivity contribution in [1.82, 2.24) is 0 Å². The number of carboxylic acids is 1. The normalized spacial score (nSPS) is 10.6. The Balaban J connectivity index is -0.000000480. The minimum atomic E-state index is -1.52. The van der Waals surface area contributed by atoms with Gasteiger partial charge in [0.05, 0.1) is 0 Å². The first-order valence-electron chi connectivity index (χ1n) is 3.31. The van der Waals surface area contributed by atoms with Crippen molar-refractivity contribution in [3.8, 4) is 5.75 Å². The van der Waals surface area contributed by atoms with Gasteiger partial charge in [-0.15, -0.1) is 0 Å². The fourth-order valence-corrected chi connectivity index (χ4v) is 0.799. The van der Waals surface area contributed by atoms with Crippen molar-refractivity contribution in [1.29, 1.82) is 0 Å². The third kappa shape index (κ3) is 4.08. The number of phenolic OH excluding ortho intramolecular Hbond substituents is 1.